The van der Waals surface area contributed by atoms with Crippen molar-refractivity contribution in [2.24, 2.45) is 0 Å². The third-order valence-electron chi connectivity index (χ3n) is 6.65. The van der Waals surface area contributed by atoms with Gasteiger partial charge in [0.05, 0.1) is 22.9 Å². The summed E-state index contributed by atoms with van der Waals surface area (Å²) in [6, 6.07) is 12.2. The van der Waals surface area contributed by atoms with Gasteiger partial charge in [0.25, 0.3) is 5.91 Å². The fourth-order valence-electron chi connectivity index (χ4n) is 4.87. The predicted octanol–water partition coefficient (Wildman–Crippen LogP) is 5.94. The third-order valence-corrected chi connectivity index (χ3v) is 6.65. The number of pyridine rings is 2. The number of nitrogens with zero attached hydrogens (tertiary/aromatic N) is 2. The first-order valence-corrected chi connectivity index (χ1v) is 12.8. The van der Waals surface area contributed by atoms with Crippen molar-refractivity contribution in [2.75, 3.05) is 10.6 Å². The summed E-state index contributed by atoms with van der Waals surface area (Å²) in [4.78, 5) is 37.5. The van der Waals surface area contributed by atoms with E-state index >= 15 is 0 Å². The van der Waals surface area contributed by atoms with E-state index in [9.17, 15) is 27.2 Å². The van der Waals surface area contributed by atoms with Crippen LogP contribution >= 0.6 is 0 Å². The monoisotopic (exact) mass is 566 g/mol. The number of rotatable bonds is 8. The Bertz CT molecular complexity index is 1600. The molecule has 3 aromatic heterocycles. The molecule has 0 aliphatic carbocycles. The predicted molar refractivity (Wildman–Crippen MR) is 145 cm³/mol. The second-order valence-electron chi connectivity index (χ2n) is 10.4. The normalized spacial score (nSPS) is 14.8. The van der Waals surface area contributed by atoms with Gasteiger partial charge in [0.15, 0.2) is 0 Å². The molecule has 0 radical (unpaired) electrons. The maximum atomic E-state index is 13.8. The second kappa shape index (κ2) is 11.0. The molecule has 1 aromatic carbocycles. The fraction of sp³-hybridized carbons (Fsp3) is 0.241. The molecule has 1 aliphatic heterocycles. The zero-order valence-electron chi connectivity index (χ0n) is 22.1. The zero-order chi connectivity index (χ0) is 29.3. The molecule has 1 aliphatic rings. The first-order chi connectivity index (χ1) is 19.5. The molecule has 0 bridgehead atoms. The summed E-state index contributed by atoms with van der Waals surface area (Å²) in [6.45, 7) is 3.76. The number of fused-ring (bicyclic) bond motifs is 1. The molecular weight excluding hydrogens is 540 g/mol. The third kappa shape index (κ3) is 6.21. The van der Waals surface area contributed by atoms with Gasteiger partial charge in [-0.25, -0.2) is 23.1 Å². The lowest BCUT2D eigenvalue weighted by atomic mass is 9.91. The molecule has 2 amide bonds. The largest absolute Gasteiger partial charge is 0.356 e. The number of hydrogen-bond acceptors (Lipinski definition) is 5. The maximum Gasteiger partial charge on any atom is 0.255 e. The number of amides is 2. The highest BCUT2D eigenvalue weighted by Crippen LogP contribution is 2.39. The second-order valence-corrected chi connectivity index (χ2v) is 10.4. The summed E-state index contributed by atoms with van der Waals surface area (Å²) in [6.07, 6.45) is -1.65. The van der Waals surface area contributed by atoms with Gasteiger partial charge in [-0.15, -0.1) is 0 Å². The number of benzene rings is 1. The molecule has 0 saturated carbocycles. The minimum absolute atomic E-state index is 0.0704. The topological polar surface area (TPSA) is 112 Å². The van der Waals surface area contributed by atoms with Gasteiger partial charge < -0.3 is 20.9 Å². The van der Waals surface area contributed by atoms with Crippen LogP contribution in [-0.2, 0) is 11.2 Å². The molecule has 4 heterocycles. The molecule has 12 heteroatoms. The molecule has 8 nitrogen and oxygen atoms in total. The van der Waals surface area contributed by atoms with Crippen LogP contribution in [-0.4, -0.2) is 38.7 Å². The van der Waals surface area contributed by atoms with Gasteiger partial charge >= 0.3 is 0 Å². The number of H-pyrrole nitrogens is 1. The highest BCUT2D eigenvalue weighted by molar-refractivity contribution is 6.06. The Morgan fingerprint density at radius 2 is 1.83 bits per heavy atom. The van der Waals surface area contributed by atoms with Crippen molar-refractivity contribution in [1.82, 2.24) is 20.3 Å². The Morgan fingerprint density at radius 3 is 2.54 bits per heavy atom. The van der Waals surface area contributed by atoms with Gasteiger partial charge in [0, 0.05) is 35.8 Å². The highest BCUT2D eigenvalue weighted by atomic mass is 19.3. The van der Waals surface area contributed by atoms with Gasteiger partial charge in [-0.05, 0) is 55.8 Å². The van der Waals surface area contributed by atoms with Gasteiger partial charge in [-0.1, -0.05) is 18.2 Å². The van der Waals surface area contributed by atoms with Crippen molar-refractivity contribution in [3.63, 3.8) is 0 Å². The number of nitrogens with one attached hydrogen (secondary N) is 4. The van der Waals surface area contributed by atoms with Gasteiger partial charge in [-0.3, -0.25) is 9.59 Å². The molecule has 0 unspecified atom stereocenters. The molecular formula is C29H26F4N6O2. The van der Waals surface area contributed by atoms with Crippen molar-refractivity contribution in [3.8, 4) is 11.3 Å². The van der Waals surface area contributed by atoms with Crippen molar-refractivity contribution < 1.29 is 27.2 Å². The standard InChI is InChI=1S/C29H26F4N6O2/c1-29(2)14-19-24(28(41)39-29)26(37-22-5-3-4-21(33)36-22)25(35-19)16-10-11-34-23(12-16)38-27(40)18(13-20(31)32)15-6-8-17(30)9-7-15/h3-12,18,20,35H,13-14H2,1-2H3,(H,36,37)(H,39,41)(H,34,38,40)/t18-/m0/s1. The molecule has 4 N–H and O–H groups in total. The van der Waals surface area contributed by atoms with Crippen LogP contribution in [0.4, 0.5) is 34.9 Å². The average Bonchev–Trinajstić information content (AvgIpc) is 3.25. The lowest BCUT2D eigenvalue weighted by molar-refractivity contribution is -0.118. The van der Waals surface area contributed by atoms with E-state index in [1.807, 2.05) is 13.8 Å². The lowest BCUT2D eigenvalue weighted by Gasteiger charge is -2.30. The van der Waals surface area contributed by atoms with E-state index < -0.39 is 42.0 Å². The van der Waals surface area contributed by atoms with E-state index in [1.165, 1.54) is 36.5 Å². The first kappa shape index (κ1) is 27.8. The summed E-state index contributed by atoms with van der Waals surface area (Å²) in [5.41, 5.74) is 1.98. The quantitative estimate of drug-likeness (QED) is 0.156. The molecule has 0 fully saturated rings. The molecule has 0 saturated heterocycles. The molecule has 41 heavy (non-hydrogen) atoms. The average molecular weight is 567 g/mol. The van der Waals surface area contributed by atoms with Crippen LogP contribution < -0.4 is 16.0 Å². The molecule has 212 valence electrons. The number of anilines is 3. The zero-order valence-corrected chi connectivity index (χ0v) is 22.1. The summed E-state index contributed by atoms with van der Waals surface area (Å²) < 4.78 is 53.9. The minimum Gasteiger partial charge on any atom is -0.356 e. The number of alkyl halides is 2. The van der Waals surface area contributed by atoms with Crippen molar-refractivity contribution in [2.45, 2.75) is 44.6 Å². The lowest BCUT2D eigenvalue weighted by Crippen LogP contribution is -2.49. The number of carbonyl (C=O) groups is 2. The summed E-state index contributed by atoms with van der Waals surface area (Å²) in [7, 11) is 0. The van der Waals surface area contributed by atoms with E-state index in [-0.39, 0.29) is 23.1 Å². The van der Waals surface area contributed by atoms with E-state index in [2.05, 4.69) is 30.9 Å². The fourth-order valence-corrected chi connectivity index (χ4v) is 4.87. The van der Waals surface area contributed by atoms with Crippen LogP contribution in [0.5, 0.6) is 0 Å². The Morgan fingerprint density at radius 1 is 1.07 bits per heavy atom. The summed E-state index contributed by atoms with van der Waals surface area (Å²) >= 11 is 0. The number of aromatic nitrogens is 3. The highest BCUT2D eigenvalue weighted by Gasteiger charge is 2.35. The van der Waals surface area contributed by atoms with Gasteiger partial charge in [0.1, 0.15) is 17.5 Å². The Labute approximate surface area is 232 Å². The minimum atomic E-state index is -2.78. The first-order valence-electron chi connectivity index (χ1n) is 12.8. The summed E-state index contributed by atoms with van der Waals surface area (Å²) in [5, 5.41) is 8.57. The molecule has 4 aromatic rings. The SMILES string of the molecule is CC1(C)Cc2[nH]c(-c3ccnc(NC(=O)[C@@H](CC(F)F)c4ccc(F)cc4)c3)c(Nc3cccc(F)n3)c2C(=O)N1. The van der Waals surface area contributed by atoms with E-state index in [4.69, 9.17) is 0 Å². The smallest absolute Gasteiger partial charge is 0.255 e. The Balaban J connectivity index is 1.51. The van der Waals surface area contributed by atoms with Gasteiger partial charge in [-0.2, -0.15) is 4.39 Å². The summed E-state index contributed by atoms with van der Waals surface area (Å²) in [5.74, 6) is -3.35. The van der Waals surface area contributed by atoms with Crippen LogP contribution in [0.2, 0.25) is 0 Å². The van der Waals surface area contributed by atoms with Crippen LogP contribution in [0.1, 0.15) is 47.8 Å². The molecule has 0 spiro atoms. The van der Waals surface area contributed by atoms with E-state index in [0.29, 0.717) is 34.6 Å². The van der Waals surface area contributed by atoms with Gasteiger partial charge in [0.2, 0.25) is 18.3 Å². The van der Waals surface area contributed by atoms with Crippen LogP contribution in [0.3, 0.4) is 0 Å². The van der Waals surface area contributed by atoms with Crippen molar-refractivity contribution >= 4 is 29.1 Å². The van der Waals surface area contributed by atoms with Crippen LogP contribution in [0.25, 0.3) is 11.3 Å². The van der Waals surface area contributed by atoms with Crippen molar-refractivity contribution in [3.05, 3.63) is 89.4 Å². The number of halogens is 4. The molecule has 5 rings (SSSR count). The van der Waals surface area contributed by atoms with Crippen LogP contribution in [0, 0.1) is 11.8 Å². The number of aromatic amines is 1. The van der Waals surface area contributed by atoms with Crippen molar-refractivity contribution in [1.29, 1.82) is 0 Å². The Hall–Kier alpha value is -4.74. The maximum absolute atomic E-state index is 13.8. The van der Waals surface area contributed by atoms with E-state index in [1.54, 1.807) is 12.1 Å². The van der Waals surface area contributed by atoms with Crippen LogP contribution in [0.15, 0.2) is 60.8 Å². The van der Waals surface area contributed by atoms with E-state index in [0.717, 1.165) is 12.1 Å². The Kier molecular flexibility index (Phi) is 7.48. The number of carbonyl (C=O) groups excluding carboxylic acids is 2. The number of hydrogen-bond donors (Lipinski definition) is 4. The molecule has 1 atom stereocenters.